The van der Waals surface area contributed by atoms with E-state index in [9.17, 15) is 4.79 Å². The molecule has 1 aliphatic heterocycles. The fraction of sp³-hybridized carbons (Fsp3) is 0.611. The highest BCUT2D eigenvalue weighted by Gasteiger charge is 2.18. The van der Waals surface area contributed by atoms with Crippen molar-refractivity contribution in [1.29, 1.82) is 0 Å². The zero-order valence-corrected chi connectivity index (χ0v) is 15.3. The first-order valence-electron chi connectivity index (χ1n) is 8.42. The van der Waals surface area contributed by atoms with Crippen LogP contribution in [0.4, 0.5) is 5.69 Å². The molecule has 1 heterocycles. The quantitative estimate of drug-likeness (QED) is 0.727. The molecule has 1 aromatic rings. The van der Waals surface area contributed by atoms with Crippen molar-refractivity contribution in [2.45, 2.75) is 38.2 Å². The van der Waals surface area contributed by atoms with Crippen LogP contribution in [0.3, 0.4) is 0 Å². The molecule has 6 heteroatoms. The van der Waals surface area contributed by atoms with Gasteiger partial charge in [-0.15, -0.1) is 0 Å². The fourth-order valence-electron chi connectivity index (χ4n) is 3.11. The highest BCUT2D eigenvalue weighted by molar-refractivity contribution is 6.33. The lowest BCUT2D eigenvalue weighted by atomic mass is 10.0. The predicted octanol–water partition coefficient (Wildman–Crippen LogP) is 2.93. The van der Waals surface area contributed by atoms with E-state index >= 15 is 0 Å². The average Bonchev–Trinajstić information content (AvgIpc) is 2.58. The summed E-state index contributed by atoms with van der Waals surface area (Å²) < 4.78 is 10.7. The van der Waals surface area contributed by atoms with E-state index in [4.69, 9.17) is 26.8 Å². The van der Waals surface area contributed by atoms with Gasteiger partial charge in [0, 0.05) is 44.7 Å². The number of nitrogens with two attached hydrogens (primary N) is 1. The zero-order chi connectivity index (χ0) is 17.5. The average molecular weight is 355 g/mol. The van der Waals surface area contributed by atoms with Crippen molar-refractivity contribution in [3.63, 3.8) is 0 Å². The Hall–Kier alpha value is -1.30. The van der Waals surface area contributed by atoms with Gasteiger partial charge < -0.3 is 20.1 Å². The second-order valence-corrected chi connectivity index (χ2v) is 6.69. The molecule has 1 saturated heterocycles. The zero-order valence-electron chi connectivity index (χ0n) is 14.5. The second kappa shape index (κ2) is 9.25. The molecule has 1 aliphatic rings. The van der Waals surface area contributed by atoms with Crippen LogP contribution in [0.2, 0.25) is 5.02 Å². The van der Waals surface area contributed by atoms with Crippen LogP contribution >= 0.6 is 11.6 Å². The maximum Gasteiger partial charge on any atom is 0.137 e. The number of likely N-dealkylation sites (tertiary alicyclic amines) is 1. The third kappa shape index (κ3) is 5.36. The Morgan fingerprint density at radius 2 is 2.04 bits per heavy atom. The standard InChI is InChI=1S/C18H27ClN2O3/c1-23-15-5-8-21(9-6-15)7-3-4-14(22)10-13-11-16(19)17(20)12-18(13)24-2/h11-12,15H,3-10,20H2,1-2H3. The number of rotatable bonds is 8. The van der Waals surface area contributed by atoms with Crippen molar-refractivity contribution < 1.29 is 14.3 Å². The summed E-state index contributed by atoms with van der Waals surface area (Å²) in [4.78, 5) is 14.7. The second-order valence-electron chi connectivity index (χ2n) is 6.28. The Bertz CT molecular complexity index is 557. The third-order valence-electron chi connectivity index (χ3n) is 4.59. The number of halogens is 1. The van der Waals surface area contributed by atoms with Gasteiger partial charge in [-0.05, 0) is 31.9 Å². The Kier molecular flexibility index (Phi) is 7.34. The number of benzene rings is 1. The Morgan fingerprint density at radius 3 is 2.67 bits per heavy atom. The number of ether oxygens (including phenoxy) is 2. The lowest BCUT2D eigenvalue weighted by molar-refractivity contribution is -0.118. The van der Waals surface area contributed by atoms with Crippen LogP contribution in [0, 0.1) is 0 Å². The summed E-state index contributed by atoms with van der Waals surface area (Å²) >= 11 is 6.05. The molecule has 2 N–H and O–H groups in total. The summed E-state index contributed by atoms with van der Waals surface area (Å²) in [6.07, 6.45) is 4.31. The fourth-order valence-corrected chi connectivity index (χ4v) is 3.29. The van der Waals surface area contributed by atoms with Crippen molar-refractivity contribution in [3.8, 4) is 5.75 Å². The minimum Gasteiger partial charge on any atom is -0.496 e. The summed E-state index contributed by atoms with van der Waals surface area (Å²) in [7, 11) is 3.34. The Labute approximate surface area is 149 Å². The third-order valence-corrected chi connectivity index (χ3v) is 4.91. The normalized spacial score (nSPS) is 16.3. The molecule has 0 aromatic heterocycles. The number of methoxy groups -OCH3 is 2. The highest BCUT2D eigenvalue weighted by atomic mass is 35.5. The summed E-state index contributed by atoms with van der Waals surface area (Å²) in [5.74, 6) is 0.813. The maximum absolute atomic E-state index is 12.2. The molecule has 0 spiro atoms. The molecule has 5 nitrogen and oxygen atoms in total. The summed E-state index contributed by atoms with van der Waals surface area (Å²) in [6.45, 7) is 3.06. The van der Waals surface area contributed by atoms with Gasteiger partial charge in [-0.3, -0.25) is 4.79 Å². The first-order valence-corrected chi connectivity index (χ1v) is 8.80. The van der Waals surface area contributed by atoms with E-state index in [1.807, 2.05) is 0 Å². The summed E-state index contributed by atoms with van der Waals surface area (Å²) in [5, 5.41) is 0.458. The van der Waals surface area contributed by atoms with Crippen molar-refractivity contribution in [2.75, 3.05) is 39.6 Å². The van der Waals surface area contributed by atoms with E-state index in [2.05, 4.69) is 4.90 Å². The lowest BCUT2D eigenvalue weighted by Gasteiger charge is -2.31. The minimum absolute atomic E-state index is 0.195. The van der Waals surface area contributed by atoms with E-state index in [0.717, 1.165) is 44.5 Å². The molecule has 1 aromatic carbocycles. The van der Waals surface area contributed by atoms with Gasteiger partial charge in [-0.2, -0.15) is 0 Å². The van der Waals surface area contributed by atoms with Crippen molar-refractivity contribution >= 4 is 23.1 Å². The number of hydrogen-bond acceptors (Lipinski definition) is 5. The highest BCUT2D eigenvalue weighted by Crippen LogP contribution is 2.29. The van der Waals surface area contributed by atoms with Crippen LogP contribution in [0.25, 0.3) is 0 Å². The number of nitrogens with zero attached hydrogens (tertiary/aromatic N) is 1. The Balaban J connectivity index is 1.77. The first kappa shape index (κ1) is 19.0. The van der Waals surface area contributed by atoms with E-state index in [-0.39, 0.29) is 5.78 Å². The van der Waals surface area contributed by atoms with Crippen LogP contribution in [-0.4, -0.2) is 50.6 Å². The molecule has 1 fully saturated rings. The molecule has 0 bridgehead atoms. The van der Waals surface area contributed by atoms with Gasteiger partial charge in [0.25, 0.3) is 0 Å². The molecular weight excluding hydrogens is 328 g/mol. The maximum atomic E-state index is 12.2. The van der Waals surface area contributed by atoms with Gasteiger partial charge in [0.2, 0.25) is 0 Å². The van der Waals surface area contributed by atoms with Crippen LogP contribution < -0.4 is 10.5 Å². The van der Waals surface area contributed by atoms with Gasteiger partial charge >= 0.3 is 0 Å². The van der Waals surface area contributed by atoms with Crippen LogP contribution in [0.1, 0.15) is 31.2 Å². The van der Waals surface area contributed by atoms with Crippen molar-refractivity contribution in [1.82, 2.24) is 4.90 Å². The van der Waals surface area contributed by atoms with Crippen LogP contribution in [0.15, 0.2) is 12.1 Å². The molecule has 134 valence electrons. The Morgan fingerprint density at radius 1 is 1.33 bits per heavy atom. The first-order chi connectivity index (χ1) is 11.5. The number of Topliss-reactive ketones (excluding diaryl/α,β-unsaturated/α-hetero) is 1. The van der Waals surface area contributed by atoms with Crippen molar-refractivity contribution in [2.24, 2.45) is 0 Å². The minimum atomic E-state index is 0.195. The largest absolute Gasteiger partial charge is 0.496 e. The lowest BCUT2D eigenvalue weighted by Crippen LogP contribution is -2.37. The molecule has 0 unspecified atom stereocenters. The van der Waals surface area contributed by atoms with Crippen molar-refractivity contribution in [3.05, 3.63) is 22.7 Å². The number of hydrogen-bond donors (Lipinski definition) is 1. The number of nitrogen functional groups attached to an aromatic ring is 1. The predicted molar refractivity (Wildman–Crippen MR) is 96.8 cm³/mol. The molecular formula is C18H27ClN2O3. The number of ketones is 1. The number of carbonyl (C=O) groups is 1. The van der Waals surface area contributed by atoms with Gasteiger partial charge in [-0.25, -0.2) is 0 Å². The van der Waals surface area contributed by atoms with E-state index in [1.54, 1.807) is 26.4 Å². The van der Waals surface area contributed by atoms with E-state index in [1.165, 1.54) is 0 Å². The summed E-state index contributed by atoms with van der Waals surface area (Å²) in [5.41, 5.74) is 7.02. The smallest absolute Gasteiger partial charge is 0.137 e. The van der Waals surface area contributed by atoms with Gasteiger partial charge in [0.05, 0.1) is 23.9 Å². The molecule has 0 radical (unpaired) electrons. The number of carbonyl (C=O) groups excluding carboxylic acids is 1. The SMILES string of the molecule is COc1cc(N)c(Cl)cc1CC(=O)CCCN1CCC(OC)CC1. The monoisotopic (exact) mass is 354 g/mol. The molecule has 0 aliphatic carbocycles. The van der Waals surface area contributed by atoms with Crippen LogP contribution in [-0.2, 0) is 16.0 Å². The van der Waals surface area contributed by atoms with E-state index in [0.29, 0.717) is 35.4 Å². The molecule has 0 saturated carbocycles. The van der Waals surface area contributed by atoms with Crippen LogP contribution in [0.5, 0.6) is 5.75 Å². The number of anilines is 1. The topological polar surface area (TPSA) is 64.8 Å². The molecule has 2 rings (SSSR count). The van der Waals surface area contributed by atoms with Gasteiger partial charge in [0.1, 0.15) is 11.5 Å². The van der Waals surface area contributed by atoms with E-state index < -0.39 is 0 Å². The molecule has 0 amide bonds. The summed E-state index contributed by atoms with van der Waals surface area (Å²) in [6, 6.07) is 3.40. The number of piperidine rings is 1. The van der Waals surface area contributed by atoms with Gasteiger partial charge in [-0.1, -0.05) is 11.6 Å². The molecule has 24 heavy (non-hydrogen) atoms. The van der Waals surface area contributed by atoms with Gasteiger partial charge in [0.15, 0.2) is 0 Å². The molecule has 0 atom stereocenters.